The summed E-state index contributed by atoms with van der Waals surface area (Å²) >= 11 is 1.53. The number of nitrogens with zero attached hydrogens (tertiary/aromatic N) is 3. The molecule has 0 radical (unpaired) electrons. The number of rotatable bonds is 18. The second-order valence-electron chi connectivity index (χ2n) is 9.23. The van der Waals surface area contributed by atoms with E-state index < -0.39 is 27.2 Å². The minimum absolute atomic E-state index is 0.0857. The highest BCUT2D eigenvalue weighted by Gasteiger charge is 2.31. The zero-order valence-corrected chi connectivity index (χ0v) is 24.8. The van der Waals surface area contributed by atoms with E-state index in [4.69, 9.17) is 14.6 Å². The Bertz CT molecular complexity index is 1520. The van der Waals surface area contributed by atoms with Gasteiger partial charge in [-0.15, -0.1) is 11.3 Å². The van der Waals surface area contributed by atoms with Crippen LogP contribution in [-0.4, -0.2) is 78.6 Å². The average molecular weight is 628 g/mol. The van der Waals surface area contributed by atoms with E-state index in [1.807, 2.05) is 29.6 Å². The Morgan fingerprint density at radius 3 is 2.40 bits per heavy atom. The highest BCUT2D eigenvalue weighted by atomic mass is 32.2. The molecular weight excluding hydrogens is 594 g/mol. The Hall–Kier alpha value is -3.79. The summed E-state index contributed by atoms with van der Waals surface area (Å²) in [5.41, 5.74) is 1.99. The van der Waals surface area contributed by atoms with E-state index in [1.54, 1.807) is 36.5 Å². The van der Waals surface area contributed by atoms with Crippen molar-refractivity contribution in [2.24, 2.45) is 0 Å². The highest BCUT2D eigenvalue weighted by molar-refractivity contribution is 7.91. The number of benzene rings is 1. The molecule has 0 fully saturated rings. The number of aliphatic hydroxyl groups excluding tert-OH is 1. The number of hydrogen-bond donors (Lipinski definition) is 4. The summed E-state index contributed by atoms with van der Waals surface area (Å²) in [6, 6.07) is 16.0. The summed E-state index contributed by atoms with van der Waals surface area (Å²) in [7, 11) is -4.04. The molecule has 12 nitrogen and oxygen atoms in total. The fourth-order valence-corrected chi connectivity index (χ4v) is 6.17. The molecule has 43 heavy (non-hydrogen) atoms. The Kier molecular flexibility index (Phi) is 12.1. The fraction of sp³-hybridized carbons (Fsp3) is 0.310. The van der Waals surface area contributed by atoms with Crippen LogP contribution in [0.4, 0.5) is 5.82 Å². The topological polar surface area (TPSA) is 173 Å². The number of aliphatic carboxylic acids is 1. The summed E-state index contributed by atoms with van der Waals surface area (Å²) in [6.07, 6.45) is 3.28. The second-order valence-corrected chi connectivity index (χ2v) is 12.1. The number of sulfone groups is 1. The molecular formula is C29H33N5O7S2. The van der Waals surface area contributed by atoms with E-state index in [0.29, 0.717) is 0 Å². The van der Waals surface area contributed by atoms with E-state index >= 15 is 0 Å². The van der Waals surface area contributed by atoms with Gasteiger partial charge in [0.05, 0.1) is 32.1 Å². The lowest BCUT2D eigenvalue weighted by Gasteiger charge is -2.20. The second kappa shape index (κ2) is 16.2. The zero-order chi connectivity index (χ0) is 30.5. The molecule has 0 aliphatic heterocycles. The summed E-state index contributed by atoms with van der Waals surface area (Å²) < 4.78 is 38.0. The van der Waals surface area contributed by atoms with Crippen molar-refractivity contribution < 1.29 is 32.9 Å². The lowest BCUT2D eigenvalue weighted by atomic mass is 10.1. The number of aromatic nitrogens is 3. The number of ether oxygens (including phenoxy) is 2. The number of hydrogen-bond acceptors (Lipinski definition) is 12. The summed E-state index contributed by atoms with van der Waals surface area (Å²) in [6.45, 7) is 1.02. The van der Waals surface area contributed by atoms with Gasteiger partial charge in [0.2, 0.25) is 9.84 Å². The van der Waals surface area contributed by atoms with E-state index in [9.17, 15) is 18.3 Å². The van der Waals surface area contributed by atoms with Crippen LogP contribution in [0.15, 0.2) is 83.5 Å². The van der Waals surface area contributed by atoms with Gasteiger partial charge in [0.1, 0.15) is 16.9 Å². The van der Waals surface area contributed by atoms with Gasteiger partial charge in [0.25, 0.3) is 0 Å². The normalized spacial score (nSPS) is 13.0. The number of carbonyl (C=O) groups is 1. The van der Waals surface area contributed by atoms with Crippen molar-refractivity contribution in [3.05, 3.63) is 89.7 Å². The van der Waals surface area contributed by atoms with Gasteiger partial charge in [-0.1, -0.05) is 36.4 Å². The third kappa shape index (κ3) is 9.35. The largest absolute Gasteiger partial charge is 0.480 e. The summed E-state index contributed by atoms with van der Waals surface area (Å²) in [5.74, 6) is -0.906. The van der Waals surface area contributed by atoms with Gasteiger partial charge in [0, 0.05) is 42.9 Å². The van der Waals surface area contributed by atoms with Crippen molar-refractivity contribution >= 4 is 33.0 Å². The predicted octanol–water partition coefficient (Wildman–Crippen LogP) is 3.14. The number of pyridine rings is 2. The molecule has 14 heteroatoms. The van der Waals surface area contributed by atoms with Crippen LogP contribution in [0.2, 0.25) is 0 Å². The predicted molar refractivity (Wildman–Crippen MR) is 161 cm³/mol. The third-order valence-electron chi connectivity index (χ3n) is 6.18. The minimum Gasteiger partial charge on any atom is -0.480 e. The molecule has 3 aromatic heterocycles. The molecule has 4 rings (SSSR count). The number of thiazole rings is 1. The van der Waals surface area contributed by atoms with Crippen LogP contribution in [0.1, 0.15) is 23.1 Å². The average Bonchev–Trinajstić information content (AvgIpc) is 3.56. The van der Waals surface area contributed by atoms with Crippen LogP contribution in [0.5, 0.6) is 0 Å². The molecule has 2 unspecified atom stereocenters. The summed E-state index contributed by atoms with van der Waals surface area (Å²) in [4.78, 5) is 24.8. The number of aliphatic hydroxyl groups is 1. The highest BCUT2D eigenvalue weighted by Crippen LogP contribution is 2.27. The van der Waals surface area contributed by atoms with Gasteiger partial charge < -0.3 is 25.0 Å². The number of anilines is 1. The molecule has 0 saturated carbocycles. The molecule has 228 valence electrons. The van der Waals surface area contributed by atoms with Gasteiger partial charge in [-0.2, -0.15) is 0 Å². The van der Waals surface area contributed by atoms with Crippen molar-refractivity contribution in [2.45, 2.75) is 29.4 Å². The van der Waals surface area contributed by atoms with Crippen molar-refractivity contribution in [1.82, 2.24) is 20.3 Å². The third-order valence-corrected chi connectivity index (χ3v) is 8.86. The first-order valence-corrected chi connectivity index (χ1v) is 15.9. The molecule has 0 spiro atoms. The molecule has 1 aromatic carbocycles. The van der Waals surface area contributed by atoms with Gasteiger partial charge >= 0.3 is 5.97 Å². The van der Waals surface area contributed by atoms with Crippen LogP contribution in [0, 0.1) is 0 Å². The maximum absolute atomic E-state index is 13.7. The van der Waals surface area contributed by atoms with Crippen LogP contribution in [-0.2, 0) is 30.7 Å². The summed E-state index contributed by atoms with van der Waals surface area (Å²) in [5, 5.41) is 25.9. The van der Waals surface area contributed by atoms with Crippen LogP contribution >= 0.6 is 11.3 Å². The number of carboxylic acids is 1. The smallest absolute Gasteiger partial charge is 0.326 e. The van der Waals surface area contributed by atoms with Crippen LogP contribution in [0.3, 0.4) is 0 Å². The number of carboxylic acid groups (broad SMARTS) is 1. The first-order valence-electron chi connectivity index (χ1n) is 13.5. The maximum Gasteiger partial charge on any atom is 0.326 e. The quantitative estimate of drug-likeness (QED) is 0.119. The first kappa shape index (κ1) is 32.1. The van der Waals surface area contributed by atoms with E-state index in [2.05, 4.69) is 25.6 Å². The molecule has 0 saturated heterocycles. The Labute approximate surface area is 253 Å². The Morgan fingerprint density at radius 2 is 1.72 bits per heavy atom. The minimum atomic E-state index is -4.04. The van der Waals surface area contributed by atoms with Crippen molar-refractivity contribution in [3.63, 3.8) is 0 Å². The molecule has 2 atom stereocenters. The number of nitrogens with one attached hydrogen (secondary N) is 2. The lowest BCUT2D eigenvalue weighted by Crippen LogP contribution is -2.32. The van der Waals surface area contributed by atoms with Gasteiger partial charge in [-0.3, -0.25) is 5.32 Å². The molecule has 4 aromatic rings. The molecule has 0 bridgehead atoms. The molecule has 0 aliphatic carbocycles. The van der Waals surface area contributed by atoms with Gasteiger partial charge in [-0.25, -0.2) is 28.2 Å². The van der Waals surface area contributed by atoms with Crippen molar-refractivity contribution in [1.29, 1.82) is 0 Å². The monoisotopic (exact) mass is 627 g/mol. The van der Waals surface area contributed by atoms with Gasteiger partial charge in [0.15, 0.2) is 10.4 Å². The zero-order valence-electron chi connectivity index (χ0n) is 23.2. The van der Waals surface area contributed by atoms with Crippen LogP contribution in [0.25, 0.3) is 10.6 Å². The maximum atomic E-state index is 13.7. The Balaban J connectivity index is 1.49. The van der Waals surface area contributed by atoms with Gasteiger partial charge in [-0.05, 0) is 29.8 Å². The Morgan fingerprint density at radius 1 is 0.930 bits per heavy atom. The van der Waals surface area contributed by atoms with E-state index in [-0.39, 0.29) is 62.5 Å². The van der Waals surface area contributed by atoms with E-state index in [1.165, 1.54) is 23.6 Å². The van der Waals surface area contributed by atoms with Crippen molar-refractivity contribution in [3.8, 4) is 10.6 Å². The lowest BCUT2D eigenvalue weighted by molar-refractivity contribution is -0.138. The van der Waals surface area contributed by atoms with Crippen molar-refractivity contribution in [2.75, 3.05) is 38.4 Å². The molecule has 0 amide bonds. The molecule has 4 N–H and O–H groups in total. The molecule has 3 heterocycles. The van der Waals surface area contributed by atoms with Crippen LogP contribution < -0.4 is 10.6 Å². The standard InChI is InChI=1S/C29H33N5O7S2/c35-14-16-41-18-17-40-15-11-24(29(36)37)34-25-5-3-4-23(33-25)28(43(38,39)26-6-1-2-12-30-26)32-20-21-7-9-22(10-8-21)27-31-13-19-42-27/h1-10,12-13,19,24,28,32,35H,11,14-18,20H2,(H,33,34)(H,36,37). The first-order chi connectivity index (χ1) is 20.9. The van der Waals surface area contributed by atoms with E-state index in [0.717, 1.165) is 16.1 Å². The molecule has 0 aliphatic rings. The fourth-order valence-electron chi connectivity index (χ4n) is 4.05. The SMILES string of the molecule is O=C(O)C(CCOCCOCCO)Nc1cccc(C(NCc2ccc(-c3nccs3)cc2)S(=O)(=O)c2ccccn2)n1.